The van der Waals surface area contributed by atoms with Crippen LogP contribution in [0.15, 0.2) is 48.5 Å². The maximum atomic E-state index is 12.9. The minimum Gasteiger partial charge on any atom is -0.342 e. The molecule has 2 aliphatic rings. The lowest BCUT2D eigenvalue weighted by molar-refractivity contribution is -0.131. The zero-order chi connectivity index (χ0) is 19.8. The van der Waals surface area contributed by atoms with Crippen LogP contribution in [0, 0.1) is 18.8 Å². The van der Waals surface area contributed by atoms with E-state index < -0.39 is 0 Å². The number of rotatable bonds is 3. The number of hydrogen-bond acceptors (Lipinski definition) is 2. The minimum absolute atomic E-state index is 0.0433. The Balaban J connectivity index is 1.55. The first-order valence-electron chi connectivity index (χ1n) is 9.79. The molecule has 0 saturated carbocycles. The number of carbonyl (C=O) groups excluding carboxylic acids is 2. The molecule has 2 aromatic carbocycles. The summed E-state index contributed by atoms with van der Waals surface area (Å²) < 4.78 is 0. The van der Waals surface area contributed by atoms with E-state index in [9.17, 15) is 9.59 Å². The first kappa shape index (κ1) is 19.0. The van der Waals surface area contributed by atoms with E-state index in [1.165, 1.54) is 11.1 Å². The smallest absolute Gasteiger partial charge is 0.227 e. The topological polar surface area (TPSA) is 40.6 Å². The molecule has 4 rings (SSSR count). The second-order valence-electron chi connectivity index (χ2n) is 7.96. The Morgan fingerprint density at radius 3 is 2.46 bits per heavy atom. The van der Waals surface area contributed by atoms with Gasteiger partial charge in [-0.2, -0.15) is 0 Å². The van der Waals surface area contributed by atoms with Crippen LogP contribution in [-0.4, -0.2) is 41.2 Å². The molecular formula is C23H25ClN2O2. The van der Waals surface area contributed by atoms with Crippen molar-refractivity contribution in [3.8, 4) is 0 Å². The monoisotopic (exact) mass is 396 g/mol. The second kappa shape index (κ2) is 7.59. The van der Waals surface area contributed by atoms with Crippen molar-refractivity contribution < 1.29 is 9.59 Å². The van der Waals surface area contributed by atoms with Crippen LogP contribution in [0.3, 0.4) is 0 Å². The number of amides is 2. The number of hydrogen-bond donors (Lipinski definition) is 0. The first-order chi connectivity index (χ1) is 13.5. The van der Waals surface area contributed by atoms with Crippen LogP contribution >= 0.6 is 11.6 Å². The van der Waals surface area contributed by atoms with Crippen LogP contribution < -0.4 is 0 Å². The van der Waals surface area contributed by atoms with Crippen molar-refractivity contribution in [3.05, 3.63) is 70.2 Å². The Labute approximate surface area is 171 Å². The average Bonchev–Trinajstić information content (AvgIpc) is 3.22. The molecule has 0 spiro atoms. The molecule has 0 aromatic heterocycles. The zero-order valence-corrected chi connectivity index (χ0v) is 17.0. The summed E-state index contributed by atoms with van der Waals surface area (Å²) in [5, 5.41) is 0.635. The van der Waals surface area contributed by atoms with Gasteiger partial charge in [0.2, 0.25) is 11.8 Å². The van der Waals surface area contributed by atoms with Crippen molar-refractivity contribution in [2.45, 2.75) is 26.3 Å². The third kappa shape index (κ3) is 3.42. The molecule has 0 radical (unpaired) electrons. The van der Waals surface area contributed by atoms with Gasteiger partial charge in [-0.05, 0) is 29.7 Å². The summed E-state index contributed by atoms with van der Waals surface area (Å²) in [6.45, 7) is 5.86. The number of nitrogens with zero attached hydrogens (tertiary/aromatic N) is 2. The highest BCUT2D eigenvalue weighted by Crippen LogP contribution is 2.45. The molecule has 4 nitrogen and oxygen atoms in total. The minimum atomic E-state index is 0.0433. The molecule has 2 heterocycles. The fraction of sp³-hybridized carbons (Fsp3) is 0.391. The van der Waals surface area contributed by atoms with Crippen molar-refractivity contribution >= 4 is 23.4 Å². The fourth-order valence-corrected chi connectivity index (χ4v) is 5.01. The van der Waals surface area contributed by atoms with Crippen LogP contribution in [0.5, 0.6) is 0 Å². The average molecular weight is 397 g/mol. The van der Waals surface area contributed by atoms with Crippen molar-refractivity contribution in [2.24, 2.45) is 11.8 Å². The lowest BCUT2D eigenvalue weighted by Gasteiger charge is -2.30. The van der Waals surface area contributed by atoms with E-state index in [0.29, 0.717) is 30.5 Å². The van der Waals surface area contributed by atoms with Gasteiger partial charge in [0.05, 0.1) is 12.5 Å². The Morgan fingerprint density at radius 2 is 1.75 bits per heavy atom. The van der Waals surface area contributed by atoms with E-state index in [2.05, 4.69) is 19.1 Å². The van der Waals surface area contributed by atoms with Crippen LogP contribution in [0.4, 0.5) is 0 Å². The molecular weight excluding hydrogens is 372 g/mol. The van der Waals surface area contributed by atoms with Crippen LogP contribution in [0.2, 0.25) is 5.02 Å². The highest BCUT2D eigenvalue weighted by molar-refractivity contribution is 6.31. The number of halogens is 1. The summed E-state index contributed by atoms with van der Waals surface area (Å²) in [6, 6.07) is 15.8. The van der Waals surface area contributed by atoms with Gasteiger partial charge in [-0.3, -0.25) is 9.59 Å². The summed E-state index contributed by atoms with van der Waals surface area (Å²) in [5.74, 6) is 0.820. The summed E-state index contributed by atoms with van der Waals surface area (Å²) in [5.41, 5.74) is 3.26. The first-order valence-corrected chi connectivity index (χ1v) is 10.2. The van der Waals surface area contributed by atoms with Crippen molar-refractivity contribution in [1.82, 2.24) is 9.80 Å². The molecule has 28 heavy (non-hydrogen) atoms. The van der Waals surface area contributed by atoms with Gasteiger partial charge in [-0.15, -0.1) is 0 Å². The number of fused-ring (bicyclic) bond motifs is 1. The van der Waals surface area contributed by atoms with E-state index in [1.54, 1.807) is 6.92 Å². The van der Waals surface area contributed by atoms with E-state index in [-0.39, 0.29) is 23.8 Å². The maximum Gasteiger partial charge on any atom is 0.227 e. The number of likely N-dealkylation sites (tertiary alicyclic amines) is 2. The highest BCUT2D eigenvalue weighted by Gasteiger charge is 2.49. The largest absolute Gasteiger partial charge is 0.342 e. The van der Waals surface area contributed by atoms with Crippen LogP contribution in [-0.2, 0) is 16.0 Å². The Hall–Kier alpha value is -2.33. The Kier molecular flexibility index (Phi) is 5.15. The van der Waals surface area contributed by atoms with Crippen LogP contribution in [0.1, 0.15) is 29.7 Å². The number of benzene rings is 2. The molecule has 5 heteroatoms. The molecule has 2 saturated heterocycles. The Morgan fingerprint density at radius 1 is 1.04 bits per heavy atom. The molecule has 2 amide bonds. The summed E-state index contributed by atoms with van der Waals surface area (Å²) in [7, 11) is 0. The standard InChI is InChI=1S/C23H25ClN2O2/c1-15-7-3-5-9-19(15)23-20-14-25(12-18(20)13-26(23)16(2)27)22(28)11-17-8-4-6-10-21(17)24/h3-10,18,20,23H,11-14H2,1-2H3/t18-,20-,23+/m1/s1. The predicted molar refractivity (Wildman–Crippen MR) is 110 cm³/mol. The quantitative estimate of drug-likeness (QED) is 0.790. The fourth-order valence-electron chi connectivity index (χ4n) is 4.81. The lowest BCUT2D eigenvalue weighted by atomic mass is 9.87. The van der Waals surface area contributed by atoms with Crippen molar-refractivity contribution in [2.75, 3.05) is 19.6 Å². The SMILES string of the molecule is CC(=O)N1C[C@H]2CN(C(=O)Cc3ccccc3Cl)C[C@H]2[C@@H]1c1ccccc1C. The van der Waals surface area contributed by atoms with Gasteiger partial charge in [-0.1, -0.05) is 54.1 Å². The third-order valence-corrected chi connectivity index (χ3v) is 6.60. The summed E-state index contributed by atoms with van der Waals surface area (Å²) >= 11 is 6.23. The molecule has 2 aromatic rings. The molecule has 2 aliphatic heterocycles. The van der Waals surface area contributed by atoms with Gasteiger partial charge in [0.1, 0.15) is 0 Å². The van der Waals surface area contributed by atoms with Gasteiger partial charge in [0, 0.05) is 43.4 Å². The zero-order valence-electron chi connectivity index (χ0n) is 16.3. The molecule has 2 fully saturated rings. The Bertz CT molecular complexity index is 913. The van der Waals surface area contributed by atoms with Gasteiger partial charge in [0.15, 0.2) is 0 Å². The maximum absolute atomic E-state index is 12.9. The molecule has 0 aliphatic carbocycles. The van der Waals surface area contributed by atoms with E-state index in [0.717, 1.165) is 12.1 Å². The van der Waals surface area contributed by atoms with Crippen LogP contribution in [0.25, 0.3) is 0 Å². The predicted octanol–water partition coefficient (Wildman–Crippen LogP) is 3.87. The normalized spacial score (nSPS) is 23.8. The van der Waals surface area contributed by atoms with Crippen molar-refractivity contribution in [1.29, 1.82) is 0 Å². The van der Waals surface area contributed by atoms with Gasteiger partial charge in [-0.25, -0.2) is 0 Å². The summed E-state index contributed by atoms with van der Waals surface area (Å²) in [6.07, 6.45) is 0.324. The third-order valence-electron chi connectivity index (χ3n) is 6.23. The number of aryl methyl sites for hydroxylation is 1. The molecule has 146 valence electrons. The van der Waals surface area contributed by atoms with Gasteiger partial charge >= 0.3 is 0 Å². The molecule has 3 atom stereocenters. The molecule has 0 N–H and O–H groups in total. The lowest BCUT2D eigenvalue weighted by Crippen LogP contribution is -2.37. The number of carbonyl (C=O) groups is 2. The van der Waals surface area contributed by atoms with Crippen molar-refractivity contribution in [3.63, 3.8) is 0 Å². The molecule has 0 bridgehead atoms. The highest BCUT2D eigenvalue weighted by atomic mass is 35.5. The molecule has 0 unspecified atom stereocenters. The van der Waals surface area contributed by atoms with E-state index in [4.69, 9.17) is 11.6 Å². The van der Waals surface area contributed by atoms with Gasteiger partial charge in [0.25, 0.3) is 0 Å². The second-order valence-corrected chi connectivity index (χ2v) is 8.37. The summed E-state index contributed by atoms with van der Waals surface area (Å²) in [4.78, 5) is 29.2. The van der Waals surface area contributed by atoms with E-state index >= 15 is 0 Å². The van der Waals surface area contributed by atoms with E-state index in [1.807, 2.05) is 46.2 Å². The van der Waals surface area contributed by atoms with Gasteiger partial charge < -0.3 is 9.80 Å².